The highest BCUT2D eigenvalue weighted by atomic mass is 35.5. The van der Waals surface area contributed by atoms with Crippen LogP contribution in [0.25, 0.3) is 0 Å². The second kappa shape index (κ2) is 5.91. The molecule has 2 aliphatic heterocycles. The summed E-state index contributed by atoms with van der Waals surface area (Å²) in [6, 6.07) is 0. The van der Waals surface area contributed by atoms with Crippen LogP contribution in [0.1, 0.15) is 26.7 Å². The van der Waals surface area contributed by atoms with Crippen LogP contribution in [0.3, 0.4) is 0 Å². The van der Waals surface area contributed by atoms with Crippen molar-refractivity contribution in [2.45, 2.75) is 26.7 Å². The van der Waals surface area contributed by atoms with Crippen molar-refractivity contribution >= 4 is 18.5 Å². The van der Waals surface area contributed by atoms with Crippen LogP contribution in [0.15, 0.2) is 0 Å². The van der Waals surface area contributed by atoms with Crippen molar-refractivity contribution in [3.8, 4) is 0 Å². The third-order valence-electron chi connectivity index (χ3n) is 3.57. The number of rotatable bonds is 2. The van der Waals surface area contributed by atoms with Gasteiger partial charge in [0, 0.05) is 25.0 Å². The fraction of sp³-hybridized carbons (Fsp3) is 0.917. The summed E-state index contributed by atoms with van der Waals surface area (Å²) in [7, 11) is 0. The van der Waals surface area contributed by atoms with Gasteiger partial charge in [0.2, 0.25) is 0 Å². The number of carbonyl (C=O) groups excluding carboxylic acids is 1. The van der Waals surface area contributed by atoms with E-state index in [-0.39, 0.29) is 18.5 Å². The van der Waals surface area contributed by atoms with E-state index in [2.05, 4.69) is 19.2 Å². The maximum absolute atomic E-state index is 11.8. The zero-order chi connectivity index (χ0) is 11.6. The summed E-state index contributed by atoms with van der Waals surface area (Å²) in [6.45, 7) is 8.52. The molecule has 2 rings (SSSR count). The lowest BCUT2D eigenvalue weighted by atomic mass is 9.87. The van der Waals surface area contributed by atoms with Gasteiger partial charge in [-0.2, -0.15) is 0 Å². The molecule has 1 unspecified atom stereocenters. The number of likely N-dealkylation sites (tertiary alicyclic amines) is 1. The number of hydrogen-bond acceptors (Lipinski definition) is 3. The maximum Gasteiger partial charge on any atom is 0.409 e. The van der Waals surface area contributed by atoms with Crippen LogP contribution in [-0.2, 0) is 4.74 Å². The monoisotopic (exact) mass is 262 g/mol. The number of nitrogens with zero attached hydrogens (tertiary/aromatic N) is 1. The Kier molecular flexibility index (Phi) is 5.07. The van der Waals surface area contributed by atoms with Crippen LogP contribution in [-0.4, -0.2) is 43.8 Å². The van der Waals surface area contributed by atoms with Gasteiger partial charge in [0.05, 0.1) is 6.61 Å². The minimum Gasteiger partial charge on any atom is -0.449 e. The molecule has 0 aromatic rings. The molecule has 1 amide bonds. The molecule has 0 radical (unpaired) electrons. The summed E-state index contributed by atoms with van der Waals surface area (Å²) < 4.78 is 5.26. The normalized spacial score (nSPS) is 27.6. The van der Waals surface area contributed by atoms with Crippen molar-refractivity contribution in [2.24, 2.45) is 11.3 Å². The highest BCUT2D eigenvalue weighted by Gasteiger charge is 2.42. The molecular formula is C12H23ClN2O2. The molecule has 0 bridgehead atoms. The first-order chi connectivity index (χ1) is 7.61. The van der Waals surface area contributed by atoms with Crippen molar-refractivity contribution < 1.29 is 9.53 Å². The molecular weight excluding hydrogens is 240 g/mol. The van der Waals surface area contributed by atoms with Crippen molar-refractivity contribution in [2.75, 3.05) is 32.8 Å². The lowest BCUT2D eigenvalue weighted by Crippen LogP contribution is -2.34. The van der Waals surface area contributed by atoms with E-state index in [4.69, 9.17) is 4.74 Å². The van der Waals surface area contributed by atoms with Gasteiger partial charge in [-0.25, -0.2) is 4.79 Å². The lowest BCUT2D eigenvalue weighted by Gasteiger charge is -2.22. The molecule has 1 spiro atoms. The second-order valence-electron chi connectivity index (χ2n) is 5.57. The SMILES string of the molecule is CC(C)COC(=O)N1CCC2(CCNC2)C1.Cl. The quantitative estimate of drug-likeness (QED) is 0.826. The van der Waals surface area contributed by atoms with Crippen molar-refractivity contribution in [3.63, 3.8) is 0 Å². The number of hydrogen-bond donors (Lipinski definition) is 1. The molecule has 4 nitrogen and oxygen atoms in total. The Labute approximate surface area is 109 Å². The van der Waals surface area contributed by atoms with Crippen molar-refractivity contribution in [1.29, 1.82) is 0 Å². The van der Waals surface area contributed by atoms with Gasteiger partial charge in [0.1, 0.15) is 0 Å². The van der Waals surface area contributed by atoms with Crippen LogP contribution < -0.4 is 5.32 Å². The van der Waals surface area contributed by atoms with Gasteiger partial charge in [-0.05, 0) is 25.3 Å². The standard InChI is InChI=1S/C12H22N2O2.ClH/c1-10(2)7-16-11(15)14-6-4-12(9-14)3-5-13-8-12;/h10,13H,3-9H2,1-2H3;1H. The van der Waals surface area contributed by atoms with Gasteiger partial charge in [-0.3, -0.25) is 0 Å². The number of amides is 1. The Hall–Kier alpha value is -0.480. The lowest BCUT2D eigenvalue weighted by molar-refractivity contribution is 0.0959. The van der Waals surface area contributed by atoms with Crippen molar-refractivity contribution in [1.82, 2.24) is 10.2 Å². The molecule has 2 heterocycles. The van der Waals surface area contributed by atoms with Gasteiger partial charge in [0.15, 0.2) is 0 Å². The molecule has 2 aliphatic rings. The van der Waals surface area contributed by atoms with Crippen molar-refractivity contribution in [3.05, 3.63) is 0 Å². The summed E-state index contributed by atoms with van der Waals surface area (Å²) in [5, 5.41) is 3.39. The molecule has 5 heteroatoms. The van der Waals surface area contributed by atoms with E-state index in [1.54, 1.807) is 0 Å². The van der Waals surface area contributed by atoms with Gasteiger partial charge < -0.3 is 15.0 Å². The summed E-state index contributed by atoms with van der Waals surface area (Å²) in [4.78, 5) is 13.6. The summed E-state index contributed by atoms with van der Waals surface area (Å²) in [5.74, 6) is 0.411. The molecule has 0 aromatic heterocycles. The summed E-state index contributed by atoms with van der Waals surface area (Å²) >= 11 is 0. The molecule has 1 atom stereocenters. The fourth-order valence-electron chi connectivity index (χ4n) is 2.56. The number of ether oxygens (including phenoxy) is 1. The highest BCUT2D eigenvalue weighted by Crippen LogP contribution is 2.36. The minimum absolute atomic E-state index is 0. The van der Waals surface area contributed by atoms with Gasteiger partial charge >= 0.3 is 6.09 Å². The third-order valence-corrected chi connectivity index (χ3v) is 3.57. The molecule has 100 valence electrons. The molecule has 17 heavy (non-hydrogen) atoms. The average molecular weight is 263 g/mol. The van der Waals surface area contributed by atoms with E-state index < -0.39 is 0 Å². The van der Waals surface area contributed by atoms with Crippen LogP contribution >= 0.6 is 12.4 Å². The predicted octanol–water partition coefficient (Wildman–Crippen LogP) is 1.89. The van der Waals surface area contributed by atoms with Crippen LogP contribution in [0.2, 0.25) is 0 Å². The third kappa shape index (κ3) is 3.49. The summed E-state index contributed by atoms with van der Waals surface area (Å²) in [6.07, 6.45) is 2.19. The summed E-state index contributed by atoms with van der Waals surface area (Å²) in [5.41, 5.74) is 0.344. The number of carbonyl (C=O) groups is 1. The van der Waals surface area contributed by atoms with E-state index in [1.165, 1.54) is 6.42 Å². The van der Waals surface area contributed by atoms with E-state index in [0.29, 0.717) is 17.9 Å². The van der Waals surface area contributed by atoms with Gasteiger partial charge in [-0.1, -0.05) is 13.8 Å². The molecule has 0 aliphatic carbocycles. The highest BCUT2D eigenvalue weighted by molar-refractivity contribution is 5.85. The maximum atomic E-state index is 11.8. The molecule has 2 saturated heterocycles. The Balaban J connectivity index is 0.00000144. The average Bonchev–Trinajstić information content (AvgIpc) is 2.86. The largest absolute Gasteiger partial charge is 0.449 e. The van der Waals surface area contributed by atoms with Crippen LogP contribution in [0.5, 0.6) is 0 Å². The Morgan fingerprint density at radius 2 is 2.24 bits per heavy atom. The smallest absolute Gasteiger partial charge is 0.409 e. The van der Waals surface area contributed by atoms with Crippen LogP contribution in [0, 0.1) is 11.3 Å². The number of nitrogens with one attached hydrogen (secondary N) is 1. The van der Waals surface area contributed by atoms with E-state index in [9.17, 15) is 4.79 Å². The molecule has 0 aromatic carbocycles. The zero-order valence-electron chi connectivity index (χ0n) is 10.7. The minimum atomic E-state index is -0.127. The molecule has 1 N–H and O–H groups in total. The zero-order valence-corrected chi connectivity index (χ0v) is 11.5. The molecule has 2 fully saturated rings. The van der Waals surface area contributed by atoms with E-state index in [0.717, 1.165) is 32.6 Å². The first kappa shape index (κ1) is 14.6. The first-order valence-corrected chi connectivity index (χ1v) is 6.24. The Morgan fingerprint density at radius 1 is 1.47 bits per heavy atom. The number of halogens is 1. The molecule has 0 saturated carbocycles. The van der Waals surface area contributed by atoms with Gasteiger partial charge in [-0.15, -0.1) is 12.4 Å². The second-order valence-corrected chi connectivity index (χ2v) is 5.57. The van der Waals surface area contributed by atoms with Crippen LogP contribution in [0.4, 0.5) is 4.79 Å². The fourth-order valence-corrected chi connectivity index (χ4v) is 2.56. The Bertz CT molecular complexity index is 265. The predicted molar refractivity (Wildman–Crippen MR) is 69.5 cm³/mol. The topological polar surface area (TPSA) is 41.6 Å². The van der Waals surface area contributed by atoms with E-state index in [1.807, 2.05) is 4.90 Å². The van der Waals surface area contributed by atoms with E-state index >= 15 is 0 Å². The first-order valence-electron chi connectivity index (χ1n) is 6.24. The Morgan fingerprint density at radius 3 is 2.82 bits per heavy atom. The van der Waals surface area contributed by atoms with Gasteiger partial charge in [0.25, 0.3) is 0 Å².